The van der Waals surface area contributed by atoms with Gasteiger partial charge in [-0.15, -0.1) is 0 Å². The molecule has 274 valence electrons. The molecule has 0 aromatic heterocycles. The minimum absolute atomic E-state index is 0.130. The van der Waals surface area contributed by atoms with Crippen molar-refractivity contribution in [2.45, 2.75) is 60.0 Å². The first-order chi connectivity index (χ1) is 23.8. The molecule has 5 amide bonds. The summed E-state index contributed by atoms with van der Waals surface area (Å²) in [4.78, 5) is 77.0. The first-order valence-corrected chi connectivity index (χ1v) is 17.5. The lowest BCUT2D eigenvalue weighted by Crippen LogP contribution is -2.50. The van der Waals surface area contributed by atoms with Crippen molar-refractivity contribution >= 4 is 29.5 Å². The Bertz CT molecular complexity index is 1400. The Morgan fingerprint density at radius 3 is 0.920 bits per heavy atom. The number of carbonyl (C=O) groups is 5. The topological polar surface area (TPSA) is 180 Å². The van der Waals surface area contributed by atoms with Gasteiger partial charge in [-0.3, -0.25) is 24.0 Å². The smallest absolute Gasteiger partial charge is 0.242 e. The Balaban J connectivity index is 2.10. The summed E-state index contributed by atoms with van der Waals surface area (Å²) in [5.41, 5.74) is 23.2. The third-order valence-corrected chi connectivity index (χ3v) is 8.60. The summed E-state index contributed by atoms with van der Waals surface area (Å²) < 4.78 is 0. The lowest BCUT2D eigenvalue weighted by Gasteiger charge is -2.30. The van der Waals surface area contributed by atoms with E-state index in [0.717, 1.165) is 33.4 Å². The molecule has 1 saturated heterocycles. The van der Waals surface area contributed by atoms with E-state index in [2.05, 4.69) is 0 Å². The third-order valence-electron chi connectivity index (χ3n) is 8.60. The van der Waals surface area contributed by atoms with E-state index in [1.54, 1.807) is 0 Å². The standard InChI is InChI=1S/C37H56N8O5/c1-27-14-28(2)17-31(16-27)20-44-25-34(47)41(11-5-8-38)22-33(46)42(12-6-9-39)23-36(49)45(21-32-18-29(3)15-30(4)19-32)26-35(48)43(13-7-10-40)24-37(44)50/h14-19H,5-13,20-26,38-40H2,1-4H3. The van der Waals surface area contributed by atoms with Crippen molar-refractivity contribution in [2.24, 2.45) is 17.2 Å². The molecule has 1 aliphatic heterocycles. The van der Waals surface area contributed by atoms with Crippen LogP contribution in [0.4, 0.5) is 0 Å². The largest absolute Gasteiger partial charge is 0.332 e. The first-order valence-electron chi connectivity index (χ1n) is 17.5. The molecule has 13 nitrogen and oxygen atoms in total. The summed E-state index contributed by atoms with van der Waals surface area (Å²) in [7, 11) is 0. The predicted molar refractivity (Wildman–Crippen MR) is 193 cm³/mol. The maximum atomic E-state index is 14.1. The second-order valence-electron chi connectivity index (χ2n) is 13.4. The molecule has 2 aromatic carbocycles. The van der Waals surface area contributed by atoms with Crippen molar-refractivity contribution in [1.29, 1.82) is 0 Å². The average Bonchev–Trinajstić information content (AvgIpc) is 3.04. The van der Waals surface area contributed by atoms with Gasteiger partial charge in [-0.2, -0.15) is 0 Å². The van der Waals surface area contributed by atoms with E-state index in [1.165, 1.54) is 24.5 Å². The van der Waals surface area contributed by atoms with Gasteiger partial charge in [0.2, 0.25) is 29.5 Å². The highest BCUT2D eigenvalue weighted by Crippen LogP contribution is 2.16. The molecule has 0 atom stereocenters. The fourth-order valence-corrected chi connectivity index (χ4v) is 6.26. The van der Waals surface area contributed by atoms with Crippen molar-refractivity contribution in [3.05, 3.63) is 69.8 Å². The fraction of sp³-hybridized carbons (Fsp3) is 0.541. The summed E-state index contributed by atoms with van der Waals surface area (Å²) >= 11 is 0. The van der Waals surface area contributed by atoms with Crippen LogP contribution in [0.2, 0.25) is 0 Å². The zero-order valence-electron chi connectivity index (χ0n) is 30.3. The monoisotopic (exact) mass is 692 g/mol. The second kappa shape index (κ2) is 19.8. The van der Waals surface area contributed by atoms with Gasteiger partial charge in [0.15, 0.2) is 0 Å². The number of hydrogen-bond acceptors (Lipinski definition) is 8. The Morgan fingerprint density at radius 1 is 0.420 bits per heavy atom. The number of amides is 5. The molecule has 50 heavy (non-hydrogen) atoms. The second-order valence-corrected chi connectivity index (χ2v) is 13.4. The highest BCUT2D eigenvalue weighted by Gasteiger charge is 2.31. The van der Waals surface area contributed by atoms with E-state index in [1.807, 2.05) is 64.1 Å². The maximum Gasteiger partial charge on any atom is 0.242 e. The van der Waals surface area contributed by atoms with Gasteiger partial charge in [-0.25, -0.2) is 0 Å². The van der Waals surface area contributed by atoms with Crippen molar-refractivity contribution in [2.75, 3.05) is 72.0 Å². The lowest BCUT2D eigenvalue weighted by atomic mass is 10.1. The molecule has 0 saturated carbocycles. The molecule has 0 radical (unpaired) electrons. The van der Waals surface area contributed by atoms with Crippen molar-refractivity contribution < 1.29 is 24.0 Å². The number of nitrogens with zero attached hydrogens (tertiary/aromatic N) is 5. The molecule has 1 aliphatic rings. The molecule has 13 heteroatoms. The Morgan fingerprint density at radius 2 is 0.660 bits per heavy atom. The van der Waals surface area contributed by atoms with E-state index < -0.39 is 29.5 Å². The molecule has 0 spiro atoms. The van der Waals surface area contributed by atoms with E-state index in [-0.39, 0.29) is 65.4 Å². The molecular formula is C37H56N8O5. The minimum Gasteiger partial charge on any atom is -0.332 e. The third kappa shape index (κ3) is 12.5. The quantitative estimate of drug-likeness (QED) is 0.276. The molecule has 6 N–H and O–H groups in total. The molecule has 1 fully saturated rings. The molecule has 0 aliphatic carbocycles. The van der Waals surface area contributed by atoms with Gasteiger partial charge in [0.05, 0.1) is 19.6 Å². The van der Waals surface area contributed by atoms with Crippen LogP contribution in [-0.2, 0) is 37.1 Å². The van der Waals surface area contributed by atoms with Gasteiger partial charge >= 0.3 is 0 Å². The number of rotatable bonds is 13. The summed E-state index contributed by atoms with van der Waals surface area (Å²) in [6.07, 6.45) is 1.32. The summed E-state index contributed by atoms with van der Waals surface area (Å²) in [5.74, 6) is -2.15. The highest BCUT2D eigenvalue weighted by atomic mass is 16.2. The van der Waals surface area contributed by atoms with Gasteiger partial charge in [0.25, 0.3) is 0 Å². The average molecular weight is 693 g/mol. The van der Waals surface area contributed by atoms with Gasteiger partial charge in [0.1, 0.15) is 13.1 Å². The van der Waals surface area contributed by atoms with Crippen molar-refractivity contribution in [3.8, 4) is 0 Å². The first kappa shape index (κ1) is 40.1. The molecule has 0 bridgehead atoms. The number of benzene rings is 2. The predicted octanol–water partition coefficient (Wildman–Crippen LogP) is 0.823. The Labute approximate surface area is 296 Å². The SMILES string of the molecule is Cc1cc(C)cc(CN2CC(=O)N(CCCN)CC(=O)N(CCCN)CC(=O)N(Cc3cc(C)cc(C)c3)CC(=O)N(CCCN)CC2=O)c1. The molecule has 1 heterocycles. The van der Waals surface area contributed by atoms with Gasteiger partial charge in [0, 0.05) is 32.7 Å². The van der Waals surface area contributed by atoms with E-state index >= 15 is 0 Å². The molecule has 3 rings (SSSR count). The van der Waals surface area contributed by atoms with Crippen LogP contribution >= 0.6 is 0 Å². The fourth-order valence-electron chi connectivity index (χ4n) is 6.26. The van der Waals surface area contributed by atoms with Crippen molar-refractivity contribution in [3.63, 3.8) is 0 Å². The van der Waals surface area contributed by atoms with Crippen LogP contribution in [0.5, 0.6) is 0 Å². The number of carbonyl (C=O) groups excluding carboxylic acids is 5. The van der Waals surface area contributed by atoms with Crippen LogP contribution in [0.3, 0.4) is 0 Å². The van der Waals surface area contributed by atoms with Gasteiger partial charge < -0.3 is 41.7 Å². The minimum atomic E-state index is -0.431. The number of aryl methyl sites for hydroxylation is 4. The van der Waals surface area contributed by atoms with E-state index in [4.69, 9.17) is 17.2 Å². The molecular weight excluding hydrogens is 636 g/mol. The summed E-state index contributed by atoms with van der Waals surface area (Å²) in [6.45, 7) is 8.10. The van der Waals surface area contributed by atoms with Crippen LogP contribution in [0, 0.1) is 27.7 Å². The van der Waals surface area contributed by atoms with Crippen LogP contribution < -0.4 is 17.2 Å². The number of hydrogen-bond donors (Lipinski definition) is 3. The maximum absolute atomic E-state index is 14.1. The van der Waals surface area contributed by atoms with E-state index in [9.17, 15) is 24.0 Å². The molecule has 2 aromatic rings. The van der Waals surface area contributed by atoms with Crippen LogP contribution in [-0.4, -0.2) is 126 Å². The highest BCUT2D eigenvalue weighted by molar-refractivity contribution is 5.93. The van der Waals surface area contributed by atoms with Gasteiger partial charge in [-0.1, -0.05) is 58.7 Å². The zero-order chi connectivity index (χ0) is 36.8. The lowest BCUT2D eigenvalue weighted by molar-refractivity contribution is -0.146. The van der Waals surface area contributed by atoms with Crippen LogP contribution in [0.25, 0.3) is 0 Å². The molecule has 0 unspecified atom stereocenters. The normalized spacial score (nSPS) is 16.0. The Hall–Kier alpha value is -4.33. The summed E-state index contributed by atoms with van der Waals surface area (Å²) in [5, 5.41) is 0. The summed E-state index contributed by atoms with van der Waals surface area (Å²) in [6, 6.07) is 11.9. The zero-order valence-corrected chi connectivity index (χ0v) is 30.3. The van der Waals surface area contributed by atoms with Crippen molar-refractivity contribution in [1.82, 2.24) is 24.5 Å². The van der Waals surface area contributed by atoms with Crippen LogP contribution in [0.15, 0.2) is 36.4 Å². The van der Waals surface area contributed by atoms with Crippen LogP contribution in [0.1, 0.15) is 52.6 Å². The number of nitrogens with two attached hydrogens (primary N) is 3. The van der Waals surface area contributed by atoms with E-state index in [0.29, 0.717) is 38.9 Å². The Kier molecular flexibility index (Phi) is 15.8. The van der Waals surface area contributed by atoms with Gasteiger partial charge in [-0.05, 0) is 77.7 Å².